The van der Waals surface area contributed by atoms with Crippen LogP contribution in [0.15, 0.2) is 85.1 Å². The first-order chi connectivity index (χ1) is 18.0. The predicted octanol–water partition coefficient (Wildman–Crippen LogP) is 5.25. The first-order valence-electron chi connectivity index (χ1n) is 12.1. The van der Waals surface area contributed by atoms with E-state index in [1.807, 2.05) is 54.7 Å². The molecule has 4 aromatic rings. The number of hydrogen-bond acceptors (Lipinski definition) is 4. The molecule has 8 heteroatoms. The summed E-state index contributed by atoms with van der Waals surface area (Å²) in [7, 11) is 1.50. The van der Waals surface area contributed by atoms with Crippen molar-refractivity contribution in [2.45, 2.75) is 25.9 Å². The van der Waals surface area contributed by atoms with Crippen molar-refractivity contribution >= 4 is 34.6 Å². The van der Waals surface area contributed by atoms with Gasteiger partial charge in [0.2, 0.25) is 5.91 Å². The molecule has 1 aliphatic heterocycles. The van der Waals surface area contributed by atoms with E-state index in [2.05, 4.69) is 69.3 Å². The standard InChI is InChI=1S/C29H29N5O2S/c1-19-17-24(20(2)33(19)22-9-5-4-6-10-22)28-27(25-11-7-8-16-30-25)32-29(37)34(28)23-14-12-21(13-15-23)31-26(35)18-36-3/h4-17,27-28H,18H2,1-3H3,(H,31,35)(H,32,37)/t27-,28-/m0/s1. The van der Waals surface area contributed by atoms with Gasteiger partial charge in [-0.05, 0) is 86.2 Å². The number of nitrogens with one attached hydrogen (secondary N) is 2. The molecule has 188 valence electrons. The number of hydrogen-bond donors (Lipinski definition) is 2. The number of anilines is 2. The summed E-state index contributed by atoms with van der Waals surface area (Å²) in [4.78, 5) is 18.8. The number of carbonyl (C=O) groups excluding carboxylic acids is 1. The van der Waals surface area contributed by atoms with E-state index in [-0.39, 0.29) is 24.6 Å². The van der Waals surface area contributed by atoms with Crippen molar-refractivity contribution in [1.82, 2.24) is 14.9 Å². The molecule has 2 aromatic heterocycles. The fraction of sp³-hybridized carbons (Fsp3) is 0.207. The summed E-state index contributed by atoms with van der Waals surface area (Å²) in [5.74, 6) is -0.199. The third kappa shape index (κ3) is 4.85. The fourth-order valence-electron chi connectivity index (χ4n) is 5.04. The lowest BCUT2D eigenvalue weighted by atomic mass is 9.96. The van der Waals surface area contributed by atoms with E-state index < -0.39 is 0 Å². The maximum Gasteiger partial charge on any atom is 0.250 e. The lowest BCUT2D eigenvalue weighted by Crippen LogP contribution is -2.29. The number of thiocarbonyl (C=S) groups is 1. The minimum atomic E-state index is -0.199. The first-order valence-corrected chi connectivity index (χ1v) is 12.5. The highest BCUT2D eigenvalue weighted by atomic mass is 32.1. The molecule has 0 bridgehead atoms. The van der Waals surface area contributed by atoms with Crippen LogP contribution in [0, 0.1) is 13.8 Å². The summed E-state index contributed by atoms with van der Waals surface area (Å²) in [6.07, 6.45) is 1.81. The second-order valence-corrected chi connectivity index (χ2v) is 9.41. The van der Waals surface area contributed by atoms with Crippen molar-refractivity contribution in [2.24, 2.45) is 0 Å². The van der Waals surface area contributed by atoms with Gasteiger partial charge in [-0.3, -0.25) is 9.78 Å². The number of nitrogens with zero attached hydrogens (tertiary/aromatic N) is 3. The van der Waals surface area contributed by atoms with Crippen LogP contribution in [-0.2, 0) is 9.53 Å². The number of methoxy groups -OCH3 is 1. The van der Waals surface area contributed by atoms with Gasteiger partial charge >= 0.3 is 0 Å². The van der Waals surface area contributed by atoms with Crippen molar-refractivity contribution < 1.29 is 9.53 Å². The maximum absolute atomic E-state index is 11.9. The van der Waals surface area contributed by atoms with E-state index in [0.29, 0.717) is 10.8 Å². The Labute approximate surface area is 222 Å². The molecule has 2 N–H and O–H groups in total. The van der Waals surface area contributed by atoms with Crippen LogP contribution in [-0.4, -0.2) is 34.3 Å². The van der Waals surface area contributed by atoms with Gasteiger partial charge < -0.3 is 24.8 Å². The van der Waals surface area contributed by atoms with E-state index in [4.69, 9.17) is 17.0 Å². The molecule has 0 saturated carbocycles. The van der Waals surface area contributed by atoms with Crippen LogP contribution in [0.4, 0.5) is 11.4 Å². The molecule has 5 rings (SSSR count). The Hall–Kier alpha value is -4.01. The Morgan fingerprint density at radius 1 is 1.03 bits per heavy atom. The average molecular weight is 512 g/mol. The SMILES string of the molecule is COCC(=O)Nc1ccc(N2C(=S)N[C@@H](c3ccccn3)[C@@H]2c2cc(C)n(-c3ccccc3)c2C)cc1. The van der Waals surface area contributed by atoms with Gasteiger partial charge in [-0.15, -0.1) is 0 Å². The maximum atomic E-state index is 11.9. The normalized spacial score (nSPS) is 17.1. The quantitative estimate of drug-likeness (QED) is 0.330. The van der Waals surface area contributed by atoms with E-state index in [0.717, 1.165) is 28.5 Å². The number of pyridine rings is 1. The number of aromatic nitrogens is 2. The lowest BCUT2D eigenvalue weighted by Gasteiger charge is -2.28. The molecule has 1 saturated heterocycles. The second-order valence-electron chi connectivity index (χ2n) is 9.02. The van der Waals surface area contributed by atoms with Crippen LogP contribution in [0.5, 0.6) is 0 Å². The predicted molar refractivity (Wildman–Crippen MR) is 150 cm³/mol. The minimum absolute atomic E-state index is 0.00669. The van der Waals surface area contributed by atoms with Gasteiger partial charge in [0.25, 0.3) is 0 Å². The Morgan fingerprint density at radius 2 is 1.76 bits per heavy atom. The Bertz CT molecular complexity index is 1400. The van der Waals surface area contributed by atoms with Gasteiger partial charge in [0, 0.05) is 41.8 Å². The van der Waals surface area contributed by atoms with E-state index in [1.165, 1.54) is 12.7 Å². The largest absolute Gasteiger partial charge is 0.375 e. The van der Waals surface area contributed by atoms with Crippen LogP contribution >= 0.6 is 12.2 Å². The zero-order chi connectivity index (χ0) is 25.9. The van der Waals surface area contributed by atoms with Crippen LogP contribution in [0.25, 0.3) is 5.69 Å². The van der Waals surface area contributed by atoms with E-state index >= 15 is 0 Å². The minimum Gasteiger partial charge on any atom is -0.375 e. The molecule has 1 aliphatic rings. The molecule has 0 radical (unpaired) electrons. The number of para-hydroxylation sites is 1. The molecule has 1 fully saturated rings. The summed E-state index contributed by atoms with van der Waals surface area (Å²) in [6.45, 7) is 4.29. The summed E-state index contributed by atoms with van der Waals surface area (Å²) in [6, 6.07) is 26.0. The monoisotopic (exact) mass is 511 g/mol. The molecule has 0 unspecified atom stereocenters. The van der Waals surface area contributed by atoms with E-state index in [1.54, 1.807) is 0 Å². The van der Waals surface area contributed by atoms with Crippen molar-refractivity contribution in [2.75, 3.05) is 23.9 Å². The van der Waals surface area contributed by atoms with Crippen LogP contribution in [0.3, 0.4) is 0 Å². The zero-order valence-corrected chi connectivity index (χ0v) is 21.8. The molecular formula is C29H29N5O2S. The van der Waals surface area contributed by atoms with Gasteiger partial charge in [0.15, 0.2) is 5.11 Å². The molecule has 1 amide bonds. The van der Waals surface area contributed by atoms with Crippen molar-refractivity contribution in [3.8, 4) is 5.69 Å². The van der Waals surface area contributed by atoms with Crippen LogP contribution < -0.4 is 15.5 Å². The highest BCUT2D eigenvalue weighted by molar-refractivity contribution is 7.80. The molecule has 0 aliphatic carbocycles. The Morgan fingerprint density at radius 3 is 2.43 bits per heavy atom. The smallest absolute Gasteiger partial charge is 0.250 e. The number of carbonyl (C=O) groups is 1. The number of aryl methyl sites for hydroxylation is 1. The van der Waals surface area contributed by atoms with Crippen LogP contribution in [0.1, 0.15) is 34.7 Å². The van der Waals surface area contributed by atoms with Gasteiger partial charge in [0.1, 0.15) is 6.61 Å². The fourth-order valence-corrected chi connectivity index (χ4v) is 5.39. The topological polar surface area (TPSA) is 71.4 Å². The van der Waals surface area contributed by atoms with Crippen molar-refractivity contribution in [1.29, 1.82) is 0 Å². The second kappa shape index (κ2) is 10.5. The summed E-state index contributed by atoms with van der Waals surface area (Å²) >= 11 is 5.88. The summed E-state index contributed by atoms with van der Waals surface area (Å²) in [5.41, 5.74) is 7.13. The van der Waals surface area contributed by atoms with E-state index in [9.17, 15) is 4.79 Å². The summed E-state index contributed by atoms with van der Waals surface area (Å²) < 4.78 is 7.19. The third-order valence-corrected chi connectivity index (χ3v) is 6.92. The molecule has 7 nitrogen and oxygen atoms in total. The highest BCUT2D eigenvalue weighted by Gasteiger charge is 2.42. The number of benzene rings is 2. The Balaban J connectivity index is 1.57. The molecule has 2 atom stereocenters. The highest BCUT2D eigenvalue weighted by Crippen LogP contribution is 2.43. The molecule has 2 aromatic carbocycles. The molecular weight excluding hydrogens is 482 g/mol. The zero-order valence-electron chi connectivity index (χ0n) is 21.0. The van der Waals surface area contributed by atoms with Gasteiger partial charge in [-0.2, -0.15) is 0 Å². The Kier molecular flexibility index (Phi) is 7.03. The van der Waals surface area contributed by atoms with Crippen LogP contribution in [0.2, 0.25) is 0 Å². The molecule has 3 heterocycles. The lowest BCUT2D eigenvalue weighted by molar-refractivity contribution is -0.119. The number of ether oxygens (including phenoxy) is 1. The van der Waals surface area contributed by atoms with Crippen molar-refractivity contribution in [3.05, 3.63) is 108 Å². The van der Waals surface area contributed by atoms with Gasteiger partial charge in [-0.1, -0.05) is 24.3 Å². The number of rotatable bonds is 7. The number of amides is 1. The molecule has 37 heavy (non-hydrogen) atoms. The van der Waals surface area contributed by atoms with Crippen molar-refractivity contribution in [3.63, 3.8) is 0 Å². The van der Waals surface area contributed by atoms with Gasteiger partial charge in [0.05, 0.1) is 17.8 Å². The molecule has 0 spiro atoms. The third-order valence-electron chi connectivity index (χ3n) is 6.61. The average Bonchev–Trinajstić information content (AvgIpc) is 3.40. The first kappa shape index (κ1) is 24.7. The van der Waals surface area contributed by atoms with Gasteiger partial charge in [-0.25, -0.2) is 0 Å². The summed E-state index contributed by atoms with van der Waals surface area (Å²) in [5, 5.41) is 7.00.